The number of fused-ring (bicyclic) bond motifs is 1. The van der Waals surface area contributed by atoms with Crippen molar-refractivity contribution in [2.45, 2.75) is 25.2 Å². The smallest absolute Gasteiger partial charge is 0.264 e. The molecule has 0 N–H and O–H groups in total. The van der Waals surface area contributed by atoms with Crippen molar-refractivity contribution in [3.05, 3.63) is 52.5 Å². The van der Waals surface area contributed by atoms with Gasteiger partial charge in [0, 0.05) is 44.6 Å². The quantitative estimate of drug-likeness (QED) is 0.854. The largest absolute Gasteiger partial charge is 0.372 e. The van der Waals surface area contributed by atoms with E-state index in [0.29, 0.717) is 12.6 Å². The molecule has 2 aliphatic heterocycles. The number of ether oxygens (including phenoxy) is 1. The summed E-state index contributed by atoms with van der Waals surface area (Å²) in [5.41, 5.74) is 1.11. The monoisotopic (exact) mass is 343 g/mol. The van der Waals surface area contributed by atoms with E-state index in [0.717, 1.165) is 43.0 Å². The normalized spacial score (nSPS) is 24.1. The molecule has 4 rings (SSSR count). The van der Waals surface area contributed by atoms with Gasteiger partial charge in [0.05, 0.1) is 17.6 Å². The van der Waals surface area contributed by atoms with Crippen LogP contribution in [0, 0.1) is 0 Å². The minimum absolute atomic E-state index is 0.171. The highest BCUT2D eigenvalue weighted by molar-refractivity contribution is 7.12. The molecule has 6 heteroatoms. The van der Waals surface area contributed by atoms with E-state index in [-0.39, 0.29) is 12.0 Å². The van der Waals surface area contributed by atoms with Crippen LogP contribution in [0.5, 0.6) is 0 Å². The van der Waals surface area contributed by atoms with Crippen molar-refractivity contribution in [3.8, 4) is 0 Å². The number of carbonyl (C=O) groups is 1. The molecule has 2 aliphatic rings. The first-order chi connectivity index (χ1) is 11.8. The Kier molecular flexibility index (Phi) is 4.60. The molecule has 24 heavy (non-hydrogen) atoms. The lowest BCUT2D eigenvalue weighted by Crippen LogP contribution is -2.51. The fourth-order valence-electron chi connectivity index (χ4n) is 3.56. The summed E-state index contributed by atoms with van der Waals surface area (Å²) in [4.78, 5) is 21.9. The highest BCUT2D eigenvalue weighted by Gasteiger charge is 2.38. The van der Waals surface area contributed by atoms with Gasteiger partial charge in [-0.3, -0.25) is 14.7 Å². The highest BCUT2D eigenvalue weighted by atomic mass is 32.1. The number of amides is 1. The van der Waals surface area contributed by atoms with Gasteiger partial charge in [-0.25, -0.2) is 0 Å². The minimum atomic E-state index is 0.171. The molecule has 4 heterocycles. The first-order valence-electron chi connectivity index (χ1n) is 8.37. The molecule has 126 valence electrons. The lowest BCUT2D eigenvalue weighted by Gasteiger charge is -2.37. The van der Waals surface area contributed by atoms with E-state index in [1.54, 1.807) is 6.20 Å². The van der Waals surface area contributed by atoms with Gasteiger partial charge < -0.3 is 9.64 Å². The van der Waals surface area contributed by atoms with Gasteiger partial charge in [0.1, 0.15) is 0 Å². The standard InChI is InChI=1S/C18H21N3O2S/c22-18(17-4-2-8-24-17)21-7-6-20-12-16(9-15(20)11-21)23-13-14-3-1-5-19-10-14/h1-5,8,10,15-16H,6-7,9,11-13H2/t15-,16+/m0/s1. The third-order valence-corrected chi connectivity index (χ3v) is 5.66. The van der Waals surface area contributed by atoms with Gasteiger partial charge in [-0.2, -0.15) is 0 Å². The molecule has 0 saturated carbocycles. The molecule has 1 amide bonds. The molecule has 0 spiro atoms. The molecule has 2 atom stereocenters. The van der Waals surface area contributed by atoms with Crippen LogP contribution >= 0.6 is 11.3 Å². The van der Waals surface area contributed by atoms with E-state index < -0.39 is 0 Å². The van der Waals surface area contributed by atoms with Crippen LogP contribution in [0.1, 0.15) is 21.7 Å². The number of hydrogen-bond donors (Lipinski definition) is 0. The third-order valence-electron chi connectivity index (χ3n) is 4.81. The molecule has 0 aromatic carbocycles. The molecule has 2 saturated heterocycles. The Balaban J connectivity index is 1.32. The van der Waals surface area contributed by atoms with E-state index >= 15 is 0 Å². The summed E-state index contributed by atoms with van der Waals surface area (Å²) >= 11 is 1.52. The van der Waals surface area contributed by atoms with Crippen LogP contribution in [0.25, 0.3) is 0 Å². The van der Waals surface area contributed by atoms with Gasteiger partial charge in [0.2, 0.25) is 0 Å². The van der Waals surface area contributed by atoms with E-state index in [1.165, 1.54) is 11.3 Å². The molecular formula is C18H21N3O2S. The van der Waals surface area contributed by atoms with Gasteiger partial charge in [0.15, 0.2) is 0 Å². The van der Waals surface area contributed by atoms with E-state index in [2.05, 4.69) is 9.88 Å². The molecule has 2 aromatic rings. The van der Waals surface area contributed by atoms with E-state index in [1.807, 2.05) is 40.7 Å². The first-order valence-corrected chi connectivity index (χ1v) is 9.25. The van der Waals surface area contributed by atoms with Crippen molar-refractivity contribution in [2.24, 2.45) is 0 Å². The van der Waals surface area contributed by atoms with Gasteiger partial charge in [0.25, 0.3) is 5.91 Å². The lowest BCUT2D eigenvalue weighted by molar-refractivity contribution is 0.0450. The molecule has 0 bridgehead atoms. The summed E-state index contributed by atoms with van der Waals surface area (Å²) < 4.78 is 6.07. The molecule has 0 aliphatic carbocycles. The minimum Gasteiger partial charge on any atom is -0.372 e. The lowest BCUT2D eigenvalue weighted by atomic mass is 10.1. The maximum absolute atomic E-state index is 12.5. The number of rotatable bonds is 4. The van der Waals surface area contributed by atoms with Crippen LogP contribution < -0.4 is 0 Å². The predicted molar refractivity (Wildman–Crippen MR) is 93.0 cm³/mol. The van der Waals surface area contributed by atoms with Crippen LogP contribution in [0.4, 0.5) is 0 Å². The summed E-state index contributed by atoms with van der Waals surface area (Å²) in [6, 6.07) is 8.24. The summed E-state index contributed by atoms with van der Waals surface area (Å²) in [6.45, 7) is 4.13. The Labute approximate surface area is 145 Å². The van der Waals surface area contributed by atoms with Crippen molar-refractivity contribution < 1.29 is 9.53 Å². The summed E-state index contributed by atoms with van der Waals surface area (Å²) in [6.07, 6.45) is 4.86. The zero-order valence-corrected chi connectivity index (χ0v) is 14.3. The SMILES string of the molecule is O=C(c1cccs1)N1CCN2C[C@H](OCc3cccnc3)C[C@H]2C1. The molecule has 2 aromatic heterocycles. The number of piperazine rings is 1. The maximum Gasteiger partial charge on any atom is 0.264 e. The number of carbonyl (C=O) groups excluding carboxylic acids is 1. The topological polar surface area (TPSA) is 45.7 Å². The van der Waals surface area contributed by atoms with Crippen molar-refractivity contribution in [2.75, 3.05) is 26.2 Å². The third kappa shape index (κ3) is 3.36. The number of pyridine rings is 1. The van der Waals surface area contributed by atoms with Crippen molar-refractivity contribution in [3.63, 3.8) is 0 Å². The van der Waals surface area contributed by atoms with Gasteiger partial charge in [-0.1, -0.05) is 12.1 Å². The second kappa shape index (κ2) is 7.01. The van der Waals surface area contributed by atoms with Crippen molar-refractivity contribution >= 4 is 17.2 Å². The average Bonchev–Trinajstić information content (AvgIpc) is 3.29. The van der Waals surface area contributed by atoms with Gasteiger partial charge >= 0.3 is 0 Å². The van der Waals surface area contributed by atoms with Crippen LogP contribution in [0.15, 0.2) is 42.0 Å². The zero-order valence-electron chi connectivity index (χ0n) is 13.5. The van der Waals surface area contributed by atoms with Gasteiger partial charge in [-0.05, 0) is 29.5 Å². The number of hydrogen-bond acceptors (Lipinski definition) is 5. The molecule has 2 fully saturated rings. The zero-order chi connectivity index (χ0) is 16.4. The molecule has 5 nitrogen and oxygen atoms in total. The van der Waals surface area contributed by atoms with Crippen LogP contribution in [-0.2, 0) is 11.3 Å². The van der Waals surface area contributed by atoms with Crippen LogP contribution in [0.3, 0.4) is 0 Å². The van der Waals surface area contributed by atoms with Crippen LogP contribution in [-0.4, -0.2) is 59.0 Å². The summed E-state index contributed by atoms with van der Waals surface area (Å²) in [5, 5.41) is 1.96. The Hall–Kier alpha value is -1.76. The van der Waals surface area contributed by atoms with Crippen molar-refractivity contribution in [1.82, 2.24) is 14.8 Å². The Morgan fingerprint density at radius 2 is 2.25 bits per heavy atom. The van der Waals surface area contributed by atoms with E-state index in [9.17, 15) is 4.79 Å². The fraction of sp³-hybridized carbons (Fsp3) is 0.444. The summed E-state index contributed by atoms with van der Waals surface area (Å²) in [5.74, 6) is 0.171. The fourth-order valence-corrected chi connectivity index (χ4v) is 4.25. The first kappa shape index (κ1) is 15.7. The molecule has 0 radical (unpaired) electrons. The van der Waals surface area contributed by atoms with Crippen molar-refractivity contribution in [1.29, 1.82) is 0 Å². The summed E-state index contributed by atoms with van der Waals surface area (Å²) in [7, 11) is 0. The van der Waals surface area contributed by atoms with Gasteiger partial charge in [-0.15, -0.1) is 11.3 Å². The maximum atomic E-state index is 12.5. The average molecular weight is 343 g/mol. The number of aromatic nitrogens is 1. The molecule has 0 unspecified atom stereocenters. The highest BCUT2D eigenvalue weighted by Crippen LogP contribution is 2.26. The Morgan fingerprint density at radius 1 is 1.29 bits per heavy atom. The van der Waals surface area contributed by atoms with E-state index in [4.69, 9.17) is 4.74 Å². The second-order valence-corrected chi connectivity index (χ2v) is 7.35. The second-order valence-electron chi connectivity index (χ2n) is 6.41. The number of nitrogens with zero attached hydrogens (tertiary/aromatic N) is 3. The van der Waals surface area contributed by atoms with Crippen LogP contribution in [0.2, 0.25) is 0 Å². The molecular weight excluding hydrogens is 322 g/mol. The Bertz CT molecular complexity index is 677. The predicted octanol–water partition coefficient (Wildman–Crippen LogP) is 2.26. The Morgan fingerprint density at radius 3 is 3.04 bits per heavy atom. The number of thiophene rings is 1.